The van der Waals surface area contributed by atoms with Crippen molar-refractivity contribution in [1.82, 2.24) is 15.4 Å². The van der Waals surface area contributed by atoms with E-state index in [1.165, 1.54) is 11.6 Å². The molecule has 0 radical (unpaired) electrons. The van der Waals surface area contributed by atoms with Crippen LogP contribution in [0, 0.1) is 0 Å². The molecule has 9 heteroatoms. The van der Waals surface area contributed by atoms with Crippen LogP contribution in [0.25, 0.3) is 6.08 Å². The molecule has 2 heterocycles. The minimum atomic E-state index is -0.602. The lowest BCUT2D eigenvalue weighted by atomic mass is 10.0. The van der Waals surface area contributed by atoms with E-state index in [4.69, 9.17) is 16.8 Å². The van der Waals surface area contributed by atoms with Crippen LogP contribution in [0.4, 0.5) is 5.82 Å². The number of amides is 2. The number of benzene rings is 1. The number of hydroxylamine groups is 1. The number of hydrogen-bond donors (Lipinski definition) is 3. The third kappa shape index (κ3) is 6.45. The summed E-state index contributed by atoms with van der Waals surface area (Å²) in [6.07, 6.45) is 6.25. The number of likely N-dealkylation sites (tertiary alicyclic amines) is 1. The van der Waals surface area contributed by atoms with Crippen molar-refractivity contribution in [3.63, 3.8) is 0 Å². The molecule has 1 saturated heterocycles. The van der Waals surface area contributed by atoms with E-state index in [0.717, 1.165) is 24.9 Å². The lowest BCUT2D eigenvalue weighted by Gasteiger charge is -2.33. The van der Waals surface area contributed by atoms with Gasteiger partial charge >= 0.3 is 0 Å². The van der Waals surface area contributed by atoms with Gasteiger partial charge in [0, 0.05) is 42.0 Å². The molecule has 2 amide bonds. The van der Waals surface area contributed by atoms with Crippen molar-refractivity contribution in [1.29, 1.82) is 0 Å². The lowest BCUT2D eigenvalue weighted by molar-refractivity contribution is -0.124. The van der Waals surface area contributed by atoms with Gasteiger partial charge in [-0.1, -0.05) is 11.6 Å². The summed E-state index contributed by atoms with van der Waals surface area (Å²) in [6.45, 7) is 1.32. The van der Waals surface area contributed by atoms with E-state index in [-0.39, 0.29) is 24.4 Å². The van der Waals surface area contributed by atoms with Crippen molar-refractivity contribution in [3.05, 3.63) is 64.8 Å². The zero-order chi connectivity index (χ0) is 19.9. The minimum Gasteiger partial charge on any atom is -0.366 e. The Morgan fingerprint density at radius 3 is 2.62 bits per heavy atom. The zero-order valence-electron chi connectivity index (χ0n) is 15.5. The van der Waals surface area contributed by atoms with E-state index in [1.807, 2.05) is 17.0 Å². The maximum atomic E-state index is 12.7. The highest BCUT2D eigenvalue weighted by Gasteiger charge is 2.24. The van der Waals surface area contributed by atoms with Gasteiger partial charge in [-0.25, -0.2) is 10.5 Å². The second kappa shape index (κ2) is 10.8. The largest absolute Gasteiger partial charge is 0.366 e. The fraction of sp³-hybridized carbons (Fsp3) is 0.250. The van der Waals surface area contributed by atoms with Gasteiger partial charge in [-0.3, -0.25) is 14.8 Å². The summed E-state index contributed by atoms with van der Waals surface area (Å²) >= 11 is 5.89. The Labute approximate surface area is 180 Å². The Balaban J connectivity index is 0.00000300. The smallest absolute Gasteiger partial charge is 0.267 e. The molecule has 0 saturated carbocycles. The van der Waals surface area contributed by atoms with Crippen LogP contribution in [0.15, 0.2) is 48.7 Å². The van der Waals surface area contributed by atoms with Gasteiger partial charge in [-0.05, 0) is 60.9 Å². The Kier molecular flexibility index (Phi) is 8.45. The molecule has 1 atom stereocenters. The fourth-order valence-corrected chi connectivity index (χ4v) is 3.19. The van der Waals surface area contributed by atoms with E-state index >= 15 is 0 Å². The summed E-state index contributed by atoms with van der Waals surface area (Å²) in [6, 6.07) is 10.7. The highest BCUT2D eigenvalue weighted by molar-refractivity contribution is 6.30. The number of halogens is 2. The average Bonchev–Trinajstić information content (AvgIpc) is 2.73. The second-order valence-corrected chi connectivity index (χ2v) is 6.96. The number of nitrogens with zero attached hydrogens (tertiary/aromatic N) is 2. The quantitative estimate of drug-likeness (QED) is 0.379. The number of pyridine rings is 1. The number of rotatable bonds is 5. The van der Waals surface area contributed by atoms with Crippen molar-refractivity contribution < 1.29 is 14.8 Å². The molecular weight excluding hydrogens is 415 g/mol. The molecule has 2 aromatic rings. The predicted molar refractivity (Wildman–Crippen MR) is 114 cm³/mol. The van der Waals surface area contributed by atoms with E-state index in [1.54, 1.807) is 36.5 Å². The molecule has 0 spiro atoms. The summed E-state index contributed by atoms with van der Waals surface area (Å²) in [5, 5.41) is 12.4. The Morgan fingerprint density at radius 1 is 1.21 bits per heavy atom. The second-order valence-electron chi connectivity index (χ2n) is 6.53. The molecule has 1 aromatic heterocycles. The zero-order valence-corrected chi connectivity index (χ0v) is 17.1. The molecule has 29 heavy (non-hydrogen) atoms. The molecule has 0 bridgehead atoms. The first-order chi connectivity index (χ1) is 13.5. The molecule has 0 unspecified atom stereocenters. The molecule has 1 aliphatic heterocycles. The summed E-state index contributed by atoms with van der Waals surface area (Å²) in [7, 11) is 0. The van der Waals surface area contributed by atoms with Gasteiger partial charge in [0.25, 0.3) is 11.8 Å². The number of nitrogens with one attached hydrogen (secondary N) is 2. The van der Waals surface area contributed by atoms with Gasteiger partial charge in [-0.15, -0.1) is 12.4 Å². The summed E-state index contributed by atoms with van der Waals surface area (Å²) in [4.78, 5) is 29.9. The molecule has 3 N–H and O–H groups in total. The van der Waals surface area contributed by atoms with Crippen LogP contribution in [-0.2, 0) is 4.79 Å². The standard InChI is InChI=1S/C20H21ClN4O3.ClH/c21-16-7-5-15(6-8-16)20(27)25-11-1-2-17(13-25)23-18-9-3-14(12-22-18)4-10-19(26)24-28;/h3-10,12,17,28H,1-2,11,13H2,(H,22,23)(H,24,26);1H/b10-4+;/t17-;/m1./s1. The highest BCUT2D eigenvalue weighted by Crippen LogP contribution is 2.18. The first-order valence-corrected chi connectivity index (χ1v) is 9.32. The van der Waals surface area contributed by atoms with Crippen LogP contribution in [0.2, 0.25) is 5.02 Å². The molecule has 1 aliphatic rings. The van der Waals surface area contributed by atoms with Crippen molar-refractivity contribution in [2.45, 2.75) is 18.9 Å². The van der Waals surface area contributed by atoms with Gasteiger partial charge in [0.1, 0.15) is 5.82 Å². The summed E-state index contributed by atoms with van der Waals surface area (Å²) in [5.74, 6) is 0.100. The van der Waals surface area contributed by atoms with Crippen LogP contribution in [0.5, 0.6) is 0 Å². The van der Waals surface area contributed by atoms with Crippen LogP contribution in [0.1, 0.15) is 28.8 Å². The highest BCUT2D eigenvalue weighted by atomic mass is 35.5. The lowest BCUT2D eigenvalue weighted by Crippen LogP contribution is -2.45. The maximum Gasteiger partial charge on any atom is 0.267 e. The average molecular weight is 437 g/mol. The van der Waals surface area contributed by atoms with Crippen LogP contribution >= 0.6 is 24.0 Å². The van der Waals surface area contributed by atoms with Gasteiger partial charge < -0.3 is 10.2 Å². The van der Waals surface area contributed by atoms with Crippen molar-refractivity contribution in [3.8, 4) is 0 Å². The van der Waals surface area contributed by atoms with Gasteiger partial charge in [-0.2, -0.15) is 0 Å². The van der Waals surface area contributed by atoms with Gasteiger partial charge in [0.15, 0.2) is 0 Å². The SMILES string of the molecule is Cl.O=C(/C=C/c1ccc(N[C@@H]2CCCN(C(=O)c3ccc(Cl)cc3)C2)nc1)NO. The predicted octanol–water partition coefficient (Wildman–Crippen LogP) is 3.39. The van der Waals surface area contributed by atoms with E-state index in [2.05, 4.69) is 10.3 Å². The Hall–Kier alpha value is -2.61. The molecule has 154 valence electrons. The monoisotopic (exact) mass is 436 g/mol. The van der Waals surface area contributed by atoms with Crippen molar-refractivity contribution in [2.75, 3.05) is 18.4 Å². The van der Waals surface area contributed by atoms with Crippen LogP contribution < -0.4 is 10.8 Å². The number of carbonyl (C=O) groups is 2. The Morgan fingerprint density at radius 2 is 1.97 bits per heavy atom. The van der Waals surface area contributed by atoms with Gasteiger partial charge in [0.05, 0.1) is 0 Å². The normalized spacial score (nSPS) is 16.2. The number of aromatic nitrogens is 1. The molecule has 1 fully saturated rings. The van der Waals surface area contributed by atoms with Gasteiger partial charge in [0.2, 0.25) is 0 Å². The number of piperidine rings is 1. The maximum absolute atomic E-state index is 12.7. The first-order valence-electron chi connectivity index (χ1n) is 8.95. The van der Waals surface area contributed by atoms with E-state index < -0.39 is 5.91 Å². The fourth-order valence-electron chi connectivity index (χ4n) is 3.06. The van der Waals surface area contributed by atoms with E-state index in [0.29, 0.717) is 22.9 Å². The van der Waals surface area contributed by atoms with Crippen LogP contribution in [-0.4, -0.2) is 46.0 Å². The third-order valence-corrected chi connectivity index (χ3v) is 4.73. The summed E-state index contributed by atoms with van der Waals surface area (Å²) in [5.41, 5.74) is 2.90. The number of anilines is 1. The molecule has 1 aromatic carbocycles. The van der Waals surface area contributed by atoms with Crippen LogP contribution in [0.3, 0.4) is 0 Å². The summed E-state index contributed by atoms with van der Waals surface area (Å²) < 4.78 is 0. The number of carbonyl (C=O) groups excluding carboxylic acids is 2. The van der Waals surface area contributed by atoms with E-state index in [9.17, 15) is 9.59 Å². The van der Waals surface area contributed by atoms with Crippen molar-refractivity contribution >= 4 is 47.7 Å². The number of hydrogen-bond acceptors (Lipinski definition) is 5. The first kappa shape index (κ1) is 22.7. The minimum absolute atomic E-state index is 0. The topological polar surface area (TPSA) is 94.6 Å². The molecule has 3 rings (SSSR count). The molecule has 7 nitrogen and oxygen atoms in total. The Bertz CT molecular complexity index is 857. The third-order valence-electron chi connectivity index (χ3n) is 4.48. The molecular formula is C20H22Cl2N4O3. The molecule has 0 aliphatic carbocycles. The van der Waals surface area contributed by atoms with Crippen molar-refractivity contribution in [2.24, 2.45) is 0 Å².